The highest BCUT2D eigenvalue weighted by molar-refractivity contribution is 6.22. The summed E-state index contributed by atoms with van der Waals surface area (Å²) in [6.07, 6.45) is -0.551. The largest absolute Gasteiger partial charge is 0.354 e. The van der Waals surface area contributed by atoms with Crippen molar-refractivity contribution in [1.82, 2.24) is 10.2 Å². The second-order valence-electron chi connectivity index (χ2n) is 6.61. The van der Waals surface area contributed by atoms with Crippen molar-refractivity contribution >= 4 is 23.5 Å². The Bertz CT molecular complexity index is 692. The van der Waals surface area contributed by atoms with Gasteiger partial charge in [0.2, 0.25) is 0 Å². The fraction of sp³-hybridized carbons (Fsp3) is 0.471. The Morgan fingerprint density at radius 3 is 2.28 bits per heavy atom. The van der Waals surface area contributed by atoms with Crippen molar-refractivity contribution in [1.29, 1.82) is 0 Å². The molecule has 0 saturated heterocycles. The number of nitrogens with one attached hydrogen (secondary N) is 2. The molecule has 0 aromatic heterocycles. The molecule has 1 aliphatic rings. The van der Waals surface area contributed by atoms with Gasteiger partial charge in [-0.1, -0.05) is 0 Å². The van der Waals surface area contributed by atoms with Crippen LogP contribution in [-0.2, 0) is 9.47 Å². The van der Waals surface area contributed by atoms with Crippen LogP contribution < -0.4 is 10.6 Å². The Morgan fingerprint density at radius 1 is 1.12 bits per heavy atom. The van der Waals surface area contributed by atoms with Crippen molar-refractivity contribution in [2.45, 2.75) is 32.6 Å². The average molecular weight is 349 g/mol. The number of urea groups is 1. The van der Waals surface area contributed by atoms with E-state index < -0.39 is 17.9 Å². The minimum absolute atomic E-state index is 0.166. The van der Waals surface area contributed by atoms with E-state index in [4.69, 9.17) is 9.47 Å². The van der Waals surface area contributed by atoms with Gasteiger partial charge in [-0.15, -0.1) is 0 Å². The molecule has 2 N–H and O–H groups in total. The molecule has 8 heteroatoms. The van der Waals surface area contributed by atoms with Gasteiger partial charge in [-0.2, -0.15) is 0 Å². The van der Waals surface area contributed by atoms with Gasteiger partial charge in [0.05, 0.1) is 17.7 Å². The maximum absolute atomic E-state index is 12.5. The third-order valence-corrected chi connectivity index (χ3v) is 3.77. The summed E-state index contributed by atoms with van der Waals surface area (Å²) in [6, 6.07) is 4.16. The Hall–Kier alpha value is -2.45. The molecule has 2 rings (SSSR count). The van der Waals surface area contributed by atoms with Crippen molar-refractivity contribution in [2.24, 2.45) is 0 Å². The van der Waals surface area contributed by atoms with E-state index >= 15 is 0 Å². The molecule has 1 aromatic rings. The smallest absolute Gasteiger partial charge is 0.319 e. The zero-order valence-corrected chi connectivity index (χ0v) is 15.0. The standard InChI is InChI=1S/C17H23N3O5/c1-17(2,3)20-14(21)11-7-6-10(8-12(11)15(20)22)19-16(23)18-9-13(24-4)25-5/h6-8,13H,9H2,1-5H3,(H2,18,19,23). The minimum Gasteiger partial charge on any atom is -0.354 e. The topological polar surface area (TPSA) is 97.0 Å². The van der Waals surface area contributed by atoms with E-state index in [1.807, 2.05) is 0 Å². The lowest BCUT2D eigenvalue weighted by molar-refractivity contribution is -0.0970. The quantitative estimate of drug-likeness (QED) is 0.624. The number of rotatable bonds is 5. The molecular formula is C17H23N3O5. The Balaban J connectivity index is 2.11. The number of methoxy groups -OCH3 is 2. The van der Waals surface area contributed by atoms with Crippen LogP contribution in [0.3, 0.4) is 0 Å². The second kappa shape index (κ2) is 7.20. The summed E-state index contributed by atoms with van der Waals surface area (Å²) < 4.78 is 9.96. The van der Waals surface area contributed by atoms with E-state index in [0.29, 0.717) is 11.3 Å². The van der Waals surface area contributed by atoms with Crippen molar-refractivity contribution in [2.75, 3.05) is 26.1 Å². The molecule has 1 aromatic carbocycles. The lowest BCUT2D eigenvalue weighted by Crippen LogP contribution is -2.45. The number of carbonyl (C=O) groups excluding carboxylic acids is 3. The maximum Gasteiger partial charge on any atom is 0.319 e. The van der Waals surface area contributed by atoms with E-state index in [9.17, 15) is 14.4 Å². The first kappa shape index (κ1) is 18.9. The van der Waals surface area contributed by atoms with Crippen LogP contribution in [0.4, 0.5) is 10.5 Å². The molecule has 0 atom stereocenters. The number of imide groups is 1. The number of nitrogens with zero attached hydrogens (tertiary/aromatic N) is 1. The third-order valence-electron chi connectivity index (χ3n) is 3.77. The summed E-state index contributed by atoms with van der Waals surface area (Å²) in [5, 5.41) is 5.21. The Morgan fingerprint density at radius 2 is 1.72 bits per heavy atom. The van der Waals surface area contributed by atoms with Crippen LogP contribution in [0.15, 0.2) is 18.2 Å². The molecule has 0 saturated carbocycles. The van der Waals surface area contributed by atoms with Crippen LogP contribution in [0.2, 0.25) is 0 Å². The molecule has 0 radical (unpaired) electrons. The fourth-order valence-corrected chi connectivity index (χ4v) is 2.54. The van der Waals surface area contributed by atoms with Gasteiger partial charge < -0.3 is 20.1 Å². The predicted molar refractivity (Wildman–Crippen MR) is 91.5 cm³/mol. The van der Waals surface area contributed by atoms with Gasteiger partial charge in [-0.3, -0.25) is 14.5 Å². The average Bonchev–Trinajstić information content (AvgIpc) is 2.79. The van der Waals surface area contributed by atoms with Gasteiger partial charge in [0.25, 0.3) is 11.8 Å². The number of hydrogen-bond donors (Lipinski definition) is 2. The van der Waals surface area contributed by atoms with E-state index in [0.717, 1.165) is 0 Å². The van der Waals surface area contributed by atoms with Crippen molar-refractivity contribution in [3.63, 3.8) is 0 Å². The summed E-state index contributed by atoms with van der Waals surface area (Å²) in [4.78, 5) is 38.1. The molecule has 0 unspecified atom stereocenters. The van der Waals surface area contributed by atoms with Crippen LogP contribution in [0.1, 0.15) is 41.5 Å². The van der Waals surface area contributed by atoms with E-state index in [-0.39, 0.29) is 23.9 Å². The molecular weight excluding hydrogens is 326 g/mol. The maximum atomic E-state index is 12.5. The highest BCUT2D eigenvalue weighted by atomic mass is 16.7. The predicted octanol–water partition coefficient (Wildman–Crippen LogP) is 1.82. The summed E-state index contributed by atoms with van der Waals surface area (Å²) in [5.74, 6) is -0.693. The number of hydrogen-bond acceptors (Lipinski definition) is 5. The zero-order chi connectivity index (χ0) is 18.8. The van der Waals surface area contributed by atoms with Gasteiger partial charge >= 0.3 is 6.03 Å². The van der Waals surface area contributed by atoms with E-state index in [2.05, 4.69) is 10.6 Å². The number of benzene rings is 1. The van der Waals surface area contributed by atoms with Crippen LogP contribution >= 0.6 is 0 Å². The summed E-state index contributed by atoms with van der Waals surface area (Å²) >= 11 is 0. The van der Waals surface area contributed by atoms with Crippen LogP contribution in [0, 0.1) is 0 Å². The first-order valence-electron chi connectivity index (χ1n) is 7.82. The summed E-state index contributed by atoms with van der Waals surface area (Å²) in [6.45, 7) is 5.55. The molecule has 0 fully saturated rings. The summed E-state index contributed by atoms with van der Waals surface area (Å²) in [7, 11) is 2.94. The zero-order valence-electron chi connectivity index (χ0n) is 15.0. The third kappa shape index (κ3) is 3.97. The van der Waals surface area contributed by atoms with Gasteiger partial charge in [-0.25, -0.2) is 4.79 Å². The van der Waals surface area contributed by atoms with Gasteiger partial charge in [-0.05, 0) is 39.0 Å². The lowest BCUT2D eigenvalue weighted by Gasteiger charge is -2.29. The molecule has 25 heavy (non-hydrogen) atoms. The van der Waals surface area contributed by atoms with Gasteiger partial charge in [0.1, 0.15) is 0 Å². The first-order valence-corrected chi connectivity index (χ1v) is 7.82. The highest BCUT2D eigenvalue weighted by Gasteiger charge is 2.41. The molecule has 1 heterocycles. The second-order valence-corrected chi connectivity index (χ2v) is 6.61. The Kier molecular flexibility index (Phi) is 5.44. The molecule has 136 valence electrons. The number of anilines is 1. The van der Waals surface area contributed by atoms with Crippen LogP contribution in [0.5, 0.6) is 0 Å². The first-order chi connectivity index (χ1) is 11.7. The van der Waals surface area contributed by atoms with Crippen LogP contribution in [-0.4, -0.2) is 55.3 Å². The number of ether oxygens (including phenoxy) is 2. The Labute approximate surface area is 146 Å². The number of fused-ring (bicyclic) bond motifs is 1. The molecule has 0 aliphatic carbocycles. The molecule has 0 bridgehead atoms. The fourth-order valence-electron chi connectivity index (χ4n) is 2.54. The monoisotopic (exact) mass is 349 g/mol. The summed E-state index contributed by atoms with van der Waals surface area (Å²) in [5.41, 5.74) is 0.418. The minimum atomic E-state index is -0.618. The van der Waals surface area contributed by atoms with Crippen molar-refractivity contribution < 1.29 is 23.9 Å². The van der Waals surface area contributed by atoms with E-state index in [1.165, 1.54) is 25.2 Å². The normalized spacial score (nSPS) is 14.1. The van der Waals surface area contributed by atoms with Gasteiger partial charge in [0, 0.05) is 25.4 Å². The van der Waals surface area contributed by atoms with Crippen LogP contribution in [0.25, 0.3) is 0 Å². The van der Waals surface area contributed by atoms with Gasteiger partial charge in [0.15, 0.2) is 6.29 Å². The molecule has 0 spiro atoms. The van der Waals surface area contributed by atoms with Crippen molar-refractivity contribution in [3.8, 4) is 0 Å². The lowest BCUT2D eigenvalue weighted by atomic mass is 10.1. The highest BCUT2D eigenvalue weighted by Crippen LogP contribution is 2.30. The molecule has 8 nitrogen and oxygen atoms in total. The van der Waals surface area contributed by atoms with E-state index in [1.54, 1.807) is 32.9 Å². The SMILES string of the molecule is COC(CNC(=O)Nc1ccc2c(c1)C(=O)N(C(C)(C)C)C2=O)OC. The molecule has 4 amide bonds. The number of carbonyl (C=O) groups is 3. The van der Waals surface area contributed by atoms with Crippen molar-refractivity contribution in [3.05, 3.63) is 29.3 Å². The molecule has 1 aliphatic heterocycles. The number of amides is 4.